The SMILES string of the molecule is CCCOc1cccc(NC(=O)c2csc(CN)n2)c1. The number of rotatable bonds is 6. The van der Waals surface area contributed by atoms with Crippen LogP contribution in [0.5, 0.6) is 5.75 Å². The van der Waals surface area contributed by atoms with Gasteiger partial charge >= 0.3 is 0 Å². The van der Waals surface area contributed by atoms with E-state index in [-0.39, 0.29) is 5.91 Å². The number of nitrogens with one attached hydrogen (secondary N) is 1. The second kappa shape index (κ2) is 7.02. The number of nitrogens with zero attached hydrogens (tertiary/aromatic N) is 1. The number of hydrogen-bond donors (Lipinski definition) is 2. The number of aromatic nitrogens is 1. The van der Waals surface area contributed by atoms with E-state index in [1.165, 1.54) is 11.3 Å². The lowest BCUT2D eigenvalue weighted by atomic mass is 10.3. The number of amides is 1. The van der Waals surface area contributed by atoms with Gasteiger partial charge in [0.1, 0.15) is 16.5 Å². The molecule has 0 spiro atoms. The van der Waals surface area contributed by atoms with Crippen molar-refractivity contribution in [3.05, 3.63) is 40.3 Å². The first-order chi connectivity index (χ1) is 9.72. The molecule has 2 aromatic rings. The van der Waals surface area contributed by atoms with Gasteiger partial charge in [0.2, 0.25) is 0 Å². The molecule has 0 atom stereocenters. The van der Waals surface area contributed by atoms with E-state index < -0.39 is 0 Å². The van der Waals surface area contributed by atoms with E-state index in [9.17, 15) is 4.79 Å². The van der Waals surface area contributed by atoms with Crippen molar-refractivity contribution in [2.45, 2.75) is 19.9 Å². The zero-order chi connectivity index (χ0) is 14.4. The Labute approximate surface area is 121 Å². The van der Waals surface area contributed by atoms with E-state index in [2.05, 4.69) is 10.3 Å². The quantitative estimate of drug-likeness (QED) is 0.857. The van der Waals surface area contributed by atoms with Crippen LogP contribution in [-0.4, -0.2) is 17.5 Å². The molecule has 3 N–H and O–H groups in total. The minimum atomic E-state index is -0.242. The van der Waals surface area contributed by atoms with Gasteiger partial charge < -0.3 is 15.8 Å². The molecule has 0 bridgehead atoms. The zero-order valence-electron chi connectivity index (χ0n) is 11.3. The lowest BCUT2D eigenvalue weighted by Gasteiger charge is -2.07. The van der Waals surface area contributed by atoms with E-state index in [0.717, 1.165) is 17.2 Å². The predicted molar refractivity (Wildman–Crippen MR) is 80.2 cm³/mol. The molecule has 0 unspecified atom stereocenters. The summed E-state index contributed by atoms with van der Waals surface area (Å²) < 4.78 is 5.52. The van der Waals surface area contributed by atoms with Gasteiger partial charge in [-0.2, -0.15) is 0 Å². The fourth-order valence-corrected chi connectivity index (χ4v) is 2.24. The largest absolute Gasteiger partial charge is 0.494 e. The van der Waals surface area contributed by atoms with Crippen molar-refractivity contribution in [3.63, 3.8) is 0 Å². The Morgan fingerprint density at radius 2 is 2.35 bits per heavy atom. The van der Waals surface area contributed by atoms with Crippen LogP contribution in [0.15, 0.2) is 29.6 Å². The number of thiazole rings is 1. The van der Waals surface area contributed by atoms with Crippen LogP contribution in [0.25, 0.3) is 0 Å². The van der Waals surface area contributed by atoms with E-state index in [0.29, 0.717) is 24.5 Å². The third-order valence-corrected chi connectivity index (χ3v) is 3.39. The summed E-state index contributed by atoms with van der Waals surface area (Å²) in [7, 11) is 0. The van der Waals surface area contributed by atoms with E-state index in [4.69, 9.17) is 10.5 Å². The molecule has 0 aliphatic carbocycles. The van der Waals surface area contributed by atoms with Crippen LogP contribution in [-0.2, 0) is 6.54 Å². The van der Waals surface area contributed by atoms with Crippen LogP contribution in [0.4, 0.5) is 5.69 Å². The molecule has 2 rings (SSSR count). The van der Waals surface area contributed by atoms with Crippen LogP contribution in [0, 0.1) is 0 Å². The van der Waals surface area contributed by atoms with Crippen LogP contribution >= 0.6 is 11.3 Å². The summed E-state index contributed by atoms with van der Waals surface area (Å²) in [6.45, 7) is 3.05. The van der Waals surface area contributed by atoms with Gasteiger partial charge in [0.05, 0.1) is 6.61 Å². The van der Waals surface area contributed by atoms with Crippen molar-refractivity contribution in [2.75, 3.05) is 11.9 Å². The van der Waals surface area contributed by atoms with Crippen molar-refractivity contribution in [1.82, 2.24) is 4.98 Å². The van der Waals surface area contributed by atoms with E-state index >= 15 is 0 Å². The maximum absolute atomic E-state index is 12.0. The van der Waals surface area contributed by atoms with Gasteiger partial charge in [-0.15, -0.1) is 11.3 Å². The van der Waals surface area contributed by atoms with Crippen molar-refractivity contribution in [2.24, 2.45) is 5.73 Å². The van der Waals surface area contributed by atoms with Crippen LogP contribution in [0.1, 0.15) is 28.8 Å². The van der Waals surface area contributed by atoms with Gasteiger partial charge in [-0.25, -0.2) is 4.98 Å². The van der Waals surface area contributed by atoms with Gasteiger partial charge in [-0.05, 0) is 18.6 Å². The standard InChI is InChI=1S/C14H17N3O2S/c1-2-6-19-11-5-3-4-10(7-11)16-14(18)12-9-20-13(8-15)17-12/h3-5,7,9H,2,6,8,15H2,1H3,(H,16,18). The highest BCUT2D eigenvalue weighted by molar-refractivity contribution is 7.09. The monoisotopic (exact) mass is 291 g/mol. The van der Waals surface area contributed by atoms with Crippen molar-refractivity contribution in [1.29, 1.82) is 0 Å². The Morgan fingerprint density at radius 3 is 3.05 bits per heavy atom. The fraction of sp³-hybridized carbons (Fsp3) is 0.286. The Morgan fingerprint density at radius 1 is 1.50 bits per heavy atom. The first-order valence-electron chi connectivity index (χ1n) is 6.41. The minimum absolute atomic E-state index is 0.242. The Bertz CT molecular complexity index is 583. The van der Waals surface area contributed by atoms with E-state index in [1.807, 2.05) is 25.1 Å². The summed E-state index contributed by atoms with van der Waals surface area (Å²) in [5.41, 5.74) is 6.55. The minimum Gasteiger partial charge on any atom is -0.494 e. The smallest absolute Gasteiger partial charge is 0.275 e. The molecule has 106 valence electrons. The fourth-order valence-electron chi connectivity index (χ4n) is 1.59. The third-order valence-electron chi connectivity index (χ3n) is 2.52. The molecule has 0 aliphatic rings. The molecule has 5 nitrogen and oxygen atoms in total. The molecular formula is C14H17N3O2S. The van der Waals surface area contributed by atoms with Gasteiger partial charge in [-0.1, -0.05) is 13.0 Å². The molecule has 0 aliphatic heterocycles. The first-order valence-corrected chi connectivity index (χ1v) is 7.29. The lowest BCUT2D eigenvalue weighted by molar-refractivity contribution is 0.102. The van der Waals surface area contributed by atoms with Crippen molar-refractivity contribution in [3.8, 4) is 5.75 Å². The molecule has 1 aromatic heterocycles. The Balaban J connectivity index is 2.03. The molecule has 0 saturated carbocycles. The highest BCUT2D eigenvalue weighted by Crippen LogP contribution is 2.18. The third kappa shape index (κ3) is 3.79. The van der Waals surface area contributed by atoms with Gasteiger partial charge in [0, 0.05) is 23.7 Å². The normalized spacial score (nSPS) is 10.3. The summed E-state index contributed by atoms with van der Waals surface area (Å²) >= 11 is 1.38. The number of ether oxygens (including phenoxy) is 1. The molecule has 1 heterocycles. The van der Waals surface area contributed by atoms with Crippen LogP contribution < -0.4 is 15.8 Å². The number of hydrogen-bond acceptors (Lipinski definition) is 5. The summed E-state index contributed by atoms with van der Waals surface area (Å²) in [6, 6.07) is 7.31. The highest BCUT2D eigenvalue weighted by atomic mass is 32.1. The summed E-state index contributed by atoms with van der Waals surface area (Å²) in [4.78, 5) is 16.2. The lowest BCUT2D eigenvalue weighted by Crippen LogP contribution is -2.12. The maximum Gasteiger partial charge on any atom is 0.275 e. The summed E-state index contributed by atoms with van der Waals surface area (Å²) in [5.74, 6) is 0.499. The van der Waals surface area contributed by atoms with Crippen LogP contribution in [0.3, 0.4) is 0 Å². The average Bonchev–Trinajstić information content (AvgIpc) is 2.94. The Hall–Kier alpha value is -1.92. The van der Waals surface area contributed by atoms with Gasteiger partial charge in [0.25, 0.3) is 5.91 Å². The molecule has 6 heteroatoms. The molecule has 0 saturated heterocycles. The summed E-state index contributed by atoms with van der Waals surface area (Å²) in [5, 5.41) is 5.25. The highest BCUT2D eigenvalue weighted by Gasteiger charge is 2.10. The molecular weight excluding hydrogens is 274 g/mol. The zero-order valence-corrected chi connectivity index (χ0v) is 12.1. The Kier molecular flexibility index (Phi) is 5.09. The number of nitrogens with two attached hydrogens (primary N) is 1. The van der Waals surface area contributed by atoms with Crippen LogP contribution in [0.2, 0.25) is 0 Å². The summed E-state index contributed by atoms with van der Waals surface area (Å²) in [6.07, 6.45) is 0.942. The second-order valence-corrected chi connectivity index (χ2v) is 5.10. The second-order valence-electron chi connectivity index (χ2n) is 4.16. The average molecular weight is 291 g/mol. The maximum atomic E-state index is 12.0. The van der Waals surface area contributed by atoms with Crippen molar-refractivity contribution < 1.29 is 9.53 Å². The van der Waals surface area contributed by atoms with Crippen molar-refractivity contribution >= 4 is 22.9 Å². The molecule has 1 aromatic carbocycles. The van der Waals surface area contributed by atoms with Gasteiger partial charge in [0.15, 0.2) is 0 Å². The molecule has 20 heavy (non-hydrogen) atoms. The number of anilines is 1. The topological polar surface area (TPSA) is 77.2 Å². The molecule has 0 fully saturated rings. The number of carbonyl (C=O) groups excluding carboxylic acids is 1. The van der Waals surface area contributed by atoms with Gasteiger partial charge in [-0.3, -0.25) is 4.79 Å². The molecule has 0 radical (unpaired) electrons. The van der Waals surface area contributed by atoms with E-state index in [1.54, 1.807) is 11.4 Å². The predicted octanol–water partition coefficient (Wildman–Crippen LogP) is 2.64. The number of carbonyl (C=O) groups is 1. The molecule has 1 amide bonds. The first kappa shape index (κ1) is 14.5. The number of benzene rings is 1.